The van der Waals surface area contributed by atoms with E-state index in [-0.39, 0.29) is 19.5 Å². The number of nitrogens with zero attached hydrogens (tertiary/aromatic N) is 1. The quantitative estimate of drug-likeness (QED) is 0.675. The summed E-state index contributed by atoms with van der Waals surface area (Å²) in [5.74, 6) is -2.81. The maximum absolute atomic E-state index is 14.5. The zero-order valence-corrected chi connectivity index (χ0v) is 15.4. The molecule has 0 unspecified atom stereocenters. The number of alkyl halides is 3. The highest BCUT2D eigenvalue weighted by atomic mass is 19.3. The fourth-order valence-corrected chi connectivity index (χ4v) is 4.14. The van der Waals surface area contributed by atoms with E-state index in [4.69, 9.17) is 0 Å². The maximum Gasteiger partial charge on any atom is 0.262 e. The Bertz CT molecular complexity index is 666. The second kappa shape index (κ2) is 7.07. The number of hydrogen-bond acceptors (Lipinski definition) is 1. The molecule has 0 spiro atoms. The summed E-state index contributed by atoms with van der Waals surface area (Å²) in [5, 5.41) is 0. The van der Waals surface area contributed by atoms with Crippen molar-refractivity contribution >= 4 is 0 Å². The summed E-state index contributed by atoms with van der Waals surface area (Å²) >= 11 is 0. The molecule has 140 valence electrons. The van der Waals surface area contributed by atoms with E-state index < -0.39 is 17.1 Å². The third-order valence-electron chi connectivity index (χ3n) is 5.00. The van der Waals surface area contributed by atoms with Crippen LogP contribution in [0.1, 0.15) is 31.4 Å². The second-order valence-electron chi connectivity index (χ2n) is 8.16. The van der Waals surface area contributed by atoms with Gasteiger partial charge in [-0.2, -0.15) is 0 Å². The van der Waals surface area contributed by atoms with Crippen LogP contribution in [-0.2, 0) is 12.8 Å². The van der Waals surface area contributed by atoms with Crippen molar-refractivity contribution in [3.8, 4) is 0 Å². The number of rotatable bonds is 6. The maximum atomic E-state index is 14.5. The zero-order chi connectivity index (χ0) is 18.8. The van der Waals surface area contributed by atoms with E-state index in [9.17, 15) is 13.2 Å². The Morgan fingerprint density at radius 3 is 1.77 bits per heavy atom. The summed E-state index contributed by atoms with van der Waals surface area (Å²) < 4.78 is 43.4. The van der Waals surface area contributed by atoms with Crippen LogP contribution in [0.25, 0.3) is 0 Å². The molecule has 0 atom stereocenters. The third-order valence-corrected chi connectivity index (χ3v) is 5.00. The van der Waals surface area contributed by atoms with Crippen molar-refractivity contribution in [3.63, 3.8) is 0 Å². The minimum atomic E-state index is -2.81. The fourth-order valence-electron chi connectivity index (χ4n) is 4.14. The molecule has 1 fully saturated rings. The average Bonchev–Trinajstić information content (AvgIpc) is 2.77. The molecule has 0 bridgehead atoms. The summed E-state index contributed by atoms with van der Waals surface area (Å²) in [6, 6.07) is 19.3. The molecule has 0 N–H and O–H groups in total. The number of halogens is 3. The van der Waals surface area contributed by atoms with Crippen LogP contribution in [0.5, 0.6) is 0 Å². The third kappa shape index (κ3) is 4.67. The van der Waals surface area contributed by atoms with Crippen molar-refractivity contribution in [2.75, 3.05) is 13.1 Å². The highest BCUT2D eigenvalue weighted by Gasteiger charge is 2.55. The van der Waals surface area contributed by atoms with Gasteiger partial charge in [-0.3, -0.25) is 4.90 Å². The first-order chi connectivity index (χ1) is 12.2. The standard InChI is InChI=1S/C22H26F3N/c1-20(2,23)16-26-17-22(24,25)15-21(26,13-18-9-5-3-6-10-18)14-19-11-7-4-8-12-19/h3-12H,13-17H2,1-2H3. The van der Waals surface area contributed by atoms with Gasteiger partial charge in [0.05, 0.1) is 6.54 Å². The Morgan fingerprint density at radius 2 is 1.35 bits per heavy atom. The predicted molar refractivity (Wildman–Crippen MR) is 99.3 cm³/mol. The summed E-state index contributed by atoms with van der Waals surface area (Å²) in [6.45, 7) is 2.53. The molecule has 0 aromatic heterocycles. The van der Waals surface area contributed by atoms with Gasteiger partial charge < -0.3 is 0 Å². The molecule has 4 heteroatoms. The molecule has 1 nitrogen and oxygen atoms in total. The van der Waals surface area contributed by atoms with Gasteiger partial charge in [0.1, 0.15) is 5.67 Å². The lowest BCUT2D eigenvalue weighted by atomic mass is 9.81. The predicted octanol–water partition coefficient (Wildman–Crippen LogP) is 5.30. The van der Waals surface area contributed by atoms with Gasteiger partial charge in [-0.05, 0) is 37.8 Å². The Hall–Kier alpha value is -1.81. The van der Waals surface area contributed by atoms with Crippen LogP contribution in [0.2, 0.25) is 0 Å². The number of hydrogen-bond donors (Lipinski definition) is 0. The fraction of sp³-hybridized carbons (Fsp3) is 0.455. The van der Waals surface area contributed by atoms with E-state index in [1.165, 1.54) is 13.8 Å². The molecule has 26 heavy (non-hydrogen) atoms. The van der Waals surface area contributed by atoms with Gasteiger partial charge in [0.25, 0.3) is 5.92 Å². The van der Waals surface area contributed by atoms with E-state index >= 15 is 0 Å². The SMILES string of the molecule is CC(C)(F)CN1CC(F)(F)CC1(Cc1ccccc1)Cc1ccccc1. The molecule has 3 rings (SSSR count). The molecule has 1 aliphatic rings. The lowest BCUT2D eigenvalue weighted by Gasteiger charge is -2.40. The highest BCUT2D eigenvalue weighted by molar-refractivity contribution is 5.25. The number of benzene rings is 2. The van der Waals surface area contributed by atoms with Gasteiger partial charge in [-0.15, -0.1) is 0 Å². The molecule has 0 saturated carbocycles. The Labute approximate surface area is 153 Å². The zero-order valence-electron chi connectivity index (χ0n) is 15.4. The van der Waals surface area contributed by atoms with Crippen LogP contribution < -0.4 is 0 Å². The smallest absolute Gasteiger partial charge is 0.262 e. The van der Waals surface area contributed by atoms with Crippen molar-refractivity contribution in [1.29, 1.82) is 0 Å². The van der Waals surface area contributed by atoms with Crippen molar-refractivity contribution in [2.45, 2.75) is 50.2 Å². The summed E-state index contributed by atoms with van der Waals surface area (Å²) in [4.78, 5) is 1.69. The van der Waals surface area contributed by atoms with Gasteiger partial charge in [-0.25, -0.2) is 13.2 Å². The molecule has 1 aliphatic heterocycles. The molecular formula is C22H26F3N. The summed E-state index contributed by atoms with van der Waals surface area (Å²) in [5.41, 5.74) is -0.320. The molecule has 1 heterocycles. The monoisotopic (exact) mass is 361 g/mol. The van der Waals surface area contributed by atoms with E-state index in [2.05, 4.69) is 0 Å². The molecule has 1 saturated heterocycles. The van der Waals surface area contributed by atoms with Gasteiger partial charge in [-0.1, -0.05) is 60.7 Å². The van der Waals surface area contributed by atoms with Crippen molar-refractivity contribution in [2.24, 2.45) is 0 Å². The Kier molecular flexibility index (Phi) is 5.16. The van der Waals surface area contributed by atoms with E-state index in [1.54, 1.807) is 4.90 Å². The van der Waals surface area contributed by atoms with Crippen LogP contribution in [0, 0.1) is 0 Å². The first-order valence-corrected chi connectivity index (χ1v) is 9.07. The Balaban J connectivity index is 1.99. The topological polar surface area (TPSA) is 3.24 Å². The normalized spacial score (nSPS) is 19.6. The van der Waals surface area contributed by atoms with Crippen LogP contribution in [0.3, 0.4) is 0 Å². The molecule has 0 radical (unpaired) electrons. The van der Waals surface area contributed by atoms with Crippen molar-refractivity contribution in [1.82, 2.24) is 4.90 Å². The molecule has 0 aliphatic carbocycles. The average molecular weight is 361 g/mol. The lowest BCUT2D eigenvalue weighted by molar-refractivity contribution is 0.00732. The van der Waals surface area contributed by atoms with E-state index in [1.807, 2.05) is 60.7 Å². The largest absolute Gasteiger partial charge is 0.288 e. The molecule has 2 aromatic rings. The van der Waals surface area contributed by atoms with E-state index in [0.717, 1.165) is 11.1 Å². The van der Waals surface area contributed by atoms with Gasteiger partial charge in [0.15, 0.2) is 0 Å². The van der Waals surface area contributed by atoms with Crippen LogP contribution >= 0.6 is 0 Å². The highest BCUT2D eigenvalue weighted by Crippen LogP contribution is 2.44. The first kappa shape index (κ1) is 19.0. The van der Waals surface area contributed by atoms with Crippen LogP contribution in [-0.4, -0.2) is 35.1 Å². The molecule has 0 amide bonds. The first-order valence-electron chi connectivity index (χ1n) is 9.07. The van der Waals surface area contributed by atoms with Crippen molar-refractivity contribution < 1.29 is 13.2 Å². The molecular weight excluding hydrogens is 335 g/mol. The van der Waals surface area contributed by atoms with Gasteiger partial charge in [0.2, 0.25) is 0 Å². The van der Waals surface area contributed by atoms with E-state index in [0.29, 0.717) is 12.8 Å². The number of likely N-dealkylation sites (tertiary alicyclic amines) is 1. The summed E-state index contributed by atoms with van der Waals surface area (Å²) in [7, 11) is 0. The molecule has 2 aromatic carbocycles. The minimum absolute atomic E-state index is 0.00224. The van der Waals surface area contributed by atoms with Crippen LogP contribution in [0.15, 0.2) is 60.7 Å². The lowest BCUT2D eigenvalue weighted by Crippen LogP contribution is -2.51. The minimum Gasteiger partial charge on any atom is -0.288 e. The van der Waals surface area contributed by atoms with Crippen LogP contribution in [0.4, 0.5) is 13.2 Å². The second-order valence-corrected chi connectivity index (χ2v) is 8.16. The van der Waals surface area contributed by atoms with Crippen molar-refractivity contribution in [3.05, 3.63) is 71.8 Å². The van der Waals surface area contributed by atoms with Gasteiger partial charge in [0, 0.05) is 18.5 Å². The Morgan fingerprint density at radius 1 is 0.885 bits per heavy atom. The van der Waals surface area contributed by atoms with Gasteiger partial charge >= 0.3 is 0 Å². The summed E-state index contributed by atoms with van der Waals surface area (Å²) in [6.07, 6.45) is 0.711.